The van der Waals surface area contributed by atoms with E-state index in [1.807, 2.05) is 19.3 Å². The third-order valence-electron chi connectivity index (χ3n) is 6.20. The molecule has 1 aliphatic rings. The molecule has 6 nitrogen and oxygen atoms in total. The van der Waals surface area contributed by atoms with Gasteiger partial charge in [0.15, 0.2) is 17.3 Å². The summed E-state index contributed by atoms with van der Waals surface area (Å²) in [7, 11) is 0. The number of pyridine rings is 1. The van der Waals surface area contributed by atoms with Crippen LogP contribution in [0.2, 0.25) is 0 Å². The molecule has 0 saturated carbocycles. The van der Waals surface area contributed by atoms with Gasteiger partial charge in [0.25, 0.3) is 0 Å². The zero-order valence-corrected chi connectivity index (χ0v) is 17.5. The minimum absolute atomic E-state index is 0.366. The van der Waals surface area contributed by atoms with E-state index in [4.69, 9.17) is 9.97 Å². The standard InChI is InChI=1S/C25H24N6/c1-16-14-27-23(29-16)25-30-22-13-20(19-7-6-17-4-2-3-5-18(17)12-19)15-28-24(22)31(25)21-8-10-26-11-9-21/h2-7,12-15,21,26H,8-11H2,1H3,(H,27,29). The molecule has 1 aliphatic heterocycles. The second kappa shape index (κ2) is 7.32. The largest absolute Gasteiger partial charge is 0.340 e. The van der Waals surface area contributed by atoms with E-state index in [2.05, 4.69) is 68.4 Å². The zero-order valence-electron chi connectivity index (χ0n) is 17.5. The molecule has 31 heavy (non-hydrogen) atoms. The van der Waals surface area contributed by atoms with Crippen LogP contribution in [0.15, 0.2) is 60.9 Å². The van der Waals surface area contributed by atoms with Crippen LogP contribution in [0, 0.1) is 6.92 Å². The number of nitrogens with zero attached hydrogens (tertiary/aromatic N) is 4. The maximum Gasteiger partial charge on any atom is 0.178 e. The van der Waals surface area contributed by atoms with Gasteiger partial charge in [-0.25, -0.2) is 15.0 Å². The van der Waals surface area contributed by atoms with Crippen molar-refractivity contribution in [2.24, 2.45) is 0 Å². The van der Waals surface area contributed by atoms with E-state index in [0.717, 1.165) is 65.6 Å². The van der Waals surface area contributed by atoms with E-state index in [-0.39, 0.29) is 0 Å². The molecule has 154 valence electrons. The van der Waals surface area contributed by atoms with Gasteiger partial charge in [-0.2, -0.15) is 0 Å². The van der Waals surface area contributed by atoms with Crippen molar-refractivity contribution in [3.8, 4) is 22.8 Å². The number of fused-ring (bicyclic) bond motifs is 2. The predicted molar refractivity (Wildman–Crippen MR) is 124 cm³/mol. The molecular formula is C25H24N6. The molecule has 2 N–H and O–H groups in total. The van der Waals surface area contributed by atoms with E-state index in [9.17, 15) is 0 Å². The summed E-state index contributed by atoms with van der Waals surface area (Å²) in [6.07, 6.45) is 5.96. The van der Waals surface area contributed by atoms with Gasteiger partial charge in [-0.15, -0.1) is 0 Å². The van der Waals surface area contributed by atoms with Gasteiger partial charge in [-0.3, -0.25) is 0 Å². The average molecular weight is 409 g/mol. The van der Waals surface area contributed by atoms with Crippen LogP contribution in [-0.4, -0.2) is 37.6 Å². The Bertz CT molecular complexity index is 1390. The molecule has 0 amide bonds. The Labute approximate surface area is 180 Å². The second-order valence-corrected chi connectivity index (χ2v) is 8.33. The Hall–Kier alpha value is -3.51. The van der Waals surface area contributed by atoms with Crippen LogP contribution in [0.25, 0.3) is 44.7 Å². The molecular weight excluding hydrogens is 384 g/mol. The number of aromatic amines is 1. The molecule has 4 heterocycles. The molecule has 3 aromatic heterocycles. The molecule has 0 unspecified atom stereocenters. The topological polar surface area (TPSA) is 71.4 Å². The van der Waals surface area contributed by atoms with Gasteiger partial charge in [0.2, 0.25) is 0 Å². The van der Waals surface area contributed by atoms with E-state index < -0.39 is 0 Å². The lowest BCUT2D eigenvalue weighted by Gasteiger charge is -2.25. The van der Waals surface area contributed by atoms with Crippen molar-refractivity contribution in [2.75, 3.05) is 13.1 Å². The highest BCUT2D eigenvalue weighted by Crippen LogP contribution is 2.32. The third kappa shape index (κ3) is 3.20. The lowest BCUT2D eigenvalue weighted by Crippen LogP contribution is -2.29. The first-order valence-electron chi connectivity index (χ1n) is 10.9. The Balaban J connectivity index is 1.51. The van der Waals surface area contributed by atoms with Crippen molar-refractivity contribution >= 4 is 21.9 Å². The van der Waals surface area contributed by atoms with E-state index >= 15 is 0 Å². The third-order valence-corrected chi connectivity index (χ3v) is 6.20. The van der Waals surface area contributed by atoms with Gasteiger partial charge in [-0.05, 0) is 61.3 Å². The first-order chi connectivity index (χ1) is 15.3. The van der Waals surface area contributed by atoms with E-state index in [0.29, 0.717) is 6.04 Å². The molecule has 0 radical (unpaired) electrons. The average Bonchev–Trinajstić information content (AvgIpc) is 3.42. The number of piperidine rings is 1. The maximum atomic E-state index is 5.01. The minimum atomic E-state index is 0.366. The van der Waals surface area contributed by atoms with Gasteiger partial charge in [0.1, 0.15) is 5.52 Å². The van der Waals surface area contributed by atoms with Crippen molar-refractivity contribution in [1.82, 2.24) is 29.8 Å². The van der Waals surface area contributed by atoms with E-state index in [1.165, 1.54) is 10.8 Å². The molecule has 1 fully saturated rings. The van der Waals surface area contributed by atoms with Crippen LogP contribution < -0.4 is 5.32 Å². The first kappa shape index (κ1) is 18.3. The summed E-state index contributed by atoms with van der Waals surface area (Å²) in [5.41, 5.74) is 5.10. The van der Waals surface area contributed by atoms with Crippen molar-refractivity contribution in [1.29, 1.82) is 0 Å². The Morgan fingerprint density at radius 2 is 1.74 bits per heavy atom. The number of aryl methyl sites for hydroxylation is 1. The molecule has 0 spiro atoms. The number of nitrogens with one attached hydrogen (secondary N) is 2. The van der Waals surface area contributed by atoms with Crippen molar-refractivity contribution < 1.29 is 0 Å². The fourth-order valence-corrected chi connectivity index (χ4v) is 4.61. The molecule has 6 rings (SSSR count). The smallest absolute Gasteiger partial charge is 0.178 e. The number of hydrogen-bond acceptors (Lipinski definition) is 4. The summed E-state index contributed by atoms with van der Waals surface area (Å²) in [5.74, 6) is 1.68. The van der Waals surface area contributed by atoms with Gasteiger partial charge in [0.05, 0.1) is 0 Å². The van der Waals surface area contributed by atoms with Crippen LogP contribution >= 0.6 is 0 Å². The highest BCUT2D eigenvalue weighted by Gasteiger charge is 2.24. The van der Waals surface area contributed by atoms with Gasteiger partial charge in [0, 0.05) is 29.7 Å². The summed E-state index contributed by atoms with van der Waals surface area (Å²) < 4.78 is 2.29. The SMILES string of the molecule is Cc1cnc(-c2nc3cc(-c4ccc5ccccc5c4)cnc3n2C2CCNCC2)[nH]1. The van der Waals surface area contributed by atoms with Crippen LogP contribution in [0.3, 0.4) is 0 Å². The van der Waals surface area contributed by atoms with Crippen molar-refractivity contribution in [3.63, 3.8) is 0 Å². The quantitative estimate of drug-likeness (QED) is 0.447. The number of imidazole rings is 2. The lowest BCUT2D eigenvalue weighted by molar-refractivity contribution is 0.375. The number of aromatic nitrogens is 5. The number of benzene rings is 2. The number of rotatable bonds is 3. The highest BCUT2D eigenvalue weighted by molar-refractivity contribution is 5.89. The maximum absolute atomic E-state index is 5.01. The second-order valence-electron chi connectivity index (χ2n) is 8.33. The number of H-pyrrole nitrogens is 1. The van der Waals surface area contributed by atoms with Crippen LogP contribution in [0.5, 0.6) is 0 Å². The Morgan fingerprint density at radius 1 is 0.903 bits per heavy atom. The molecule has 1 saturated heterocycles. The molecule has 5 aromatic rings. The van der Waals surface area contributed by atoms with Crippen LogP contribution in [0.4, 0.5) is 0 Å². The summed E-state index contributed by atoms with van der Waals surface area (Å²) in [6.45, 7) is 4.04. The summed E-state index contributed by atoms with van der Waals surface area (Å²) in [5, 5.41) is 5.93. The minimum Gasteiger partial charge on any atom is -0.340 e. The molecule has 2 aromatic carbocycles. The first-order valence-corrected chi connectivity index (χ1v) is 10.9. The molecule has 6 heteroatoms. The van der Waals surface area contributed by atoms with E-state index in [1.54, 1.807) is 0 Å². The summed E-state index contributed by atoms with van der Waals surface area (Å²) in [4.78, 5) is 17.8. The molecule has 0 aliphatic carbocycles. The van der Waals surface area contributed by atoms with Crippen molar-refractivity contribution in [2.45, 2.75) is 25.8 Å². The van der Waals surface area contributed by atoms with Gasteiger partial charge in [-0.1, -0.05) is 36.4 Å². The molecule has 0 atom stereocenters. The lowest BCUT2D eigenvalue weighted by atomic mass is 10.0. The molecule has 0 bridgehead atoms. The fraction of sp³-hybridized carbons (Fsp3) is 0.240. The Morgan fingerprint density at radius 3 is 2.55 bits per heavy atom. The summed E-state index contributed by atoms with van der Waals surface area (Å²) in [6, 6.07) is 17.5. The summed E-state index contributed by atoms with van der Waals surface area (Å²) >= 11 is 0. The number of hydrogen-bond donors (Lipinski definition) is 2. The van der Waals surface area contributed by atoms with Gasteiger partial charge < -0.3 is 14.9 Å². The predicted octanol–water partition coefficient (Wildman–Crippen LogP) is 4.87. The zero-order chi connectivity index (χ0) is 20.8. The normalized spacial score (nSPS) is 15.1. The Kier molecular flexibility index (Phi) is 4.32. The van der Waals surface area contributed by atoms with Gasteiger partial charge >= 0.3 is 0 Å². The monoisotopic (exact) mass is 408 g/mol. The van der Waals surface area contributed by atoms with Crippen molar-refractivity contribution in [3.05, 3.63) is 66.6 Å². The fourth-order valence-electron chi connectivity index (χ4n) is 4.61. The van der Waals surface area contributed by atoms with Crippen LogP contribution in [0.1, 0.15) is 24.6 Å². The highest BCUT2D eigenvalue weighted by atomic mass is 15.2. The van der Waals surface area contributed by atoms with Crippen LogP contribution in [-0.2, 0) is 0 Å².